The number of rotatable bonds is 5. The molecule has 0 unspecified atom stereocenters. The van der Waals surface area contributed by atoms with Crippen LogP contribution in [-0.4, -0.2) is 23.5 Å². The Kier molecular flexibility index (Phi) is 5.47. The Morgan fingerprint density at radius 3 is 2.19 bits per heavy atom. The first-order valence-electron chi connectivity index (χ1n) is 8.49. The zero-order valence-corrected chi connectivity index (χ0v) is 14.8. The summed E-state index contributed by atoms with van der Waals surface area (Å²) >= 11 is 0. The van der Waals surface area contributed by atoms with Crippen molar-refractivity contribution < 1.29 is 14.3 Å². The van der Waals surface area contributed by atoms with Gasteiger partial charge in [-0.15, -0.1) is 0 Å². The van der Waals surface area contributed by atoms with Crippen molar-refractivity contribution in [1.29, 1.82) is 0 Å². The monoisotopic (exact) mass is 361 g/mol. The number of anilines is 3. The SMILES string of the molecule is CCOC(=O)c1cccc(C(=O)N(c2ccccc2)c2ccc(N)cc2)n1. The molecule has 0 saturated carbocycles. The molecule has 2 aromatic carbocycles. The molecule has 0 spiro atoms. The Labute approximate surface area is 157 Å². The molecule has 1 aromatic heterocycles. The molecule has 2 N–H and O–H groups in total. The second kappa shape index (κ2) is 8.14. The highest BCUT2D eigenvalue weighted by atomic mass is 16.5. The van der Waals surface area contributed by atoms with Gasteiger partial charge in [0.2, 0.25) is 0 Å². The fraction of sp³-hybridized carbons (Fsp3) is 0.0952. The molecule has 136 valence electrons. The number of nitrogens with two attached hydrogens (primary N) is 1. The van der Waals surface area contributed by atoms with E-state index in [1.54, 1.807) is 43.3 Å². The van der Waals surface area contributed by atoms with Crippen molar-refractivity contribution in [2.75, 3.05) is 17.2 Å². The van der Waals surface area contributed by atoms with Crippen molar-refractivity contribution in [2.45, 2.75) is 6.92 Å². The summed E-state index contributed by atoms with van der Waals surface area (Å²) in [7, 11) is 0. The maximum absolute atomic E-state index is 13.2. The topological polar surface area (TPSA) is 85.5 Å². The van der Waals surface area contributed by atoms with Gasteiger partial charge >= 0.3 is 5.97 Å². The highest BCUT2D eigenvalue weighted by molar-refractivity contribution is 6.10. The number of benzene rings is 2. The quantitative estimate of drug-likeness (QED) is 0.551. The summed E-state index contributed by atoms with van der Waals surface area (Å²) in [6, 6.07) is 20.9. The number of para-hydroxylation sites is 1. The van der Waals surface area contributed by atoms with E-state index in [9.17, 15) is 9.59 Å². The fourth-order valence-corrected chi connectivity index (χ4v) is 2.57. The molecule has 3 rings (SSSR count). The van der Waals surface area contributed by atoms with Crippen LogP contribution in [-0.2, 0) is 4.74 Å². The van der Waals surface area contributed by atoms with Gasteiger partial charge in [0.15, 0.2) is 0 Å². The zero-order valence-electron chi connectivity index (χ0n) is 14.8. The highest BCUT2D eigenvalue weighted by Crippen LogP contribution is 2.27. The minimum atomic E-state index is -0.564. The largest absolute Gasteiger partial charge is 0.461 e. The van der Waals surface area contributed by atoms with Crippen molar-refractivity contribution in [3.8, 4) is 0 Å². The van der Waals surface area contributed by atoms with Crippen LogP contribution in [0.4, 0.5) is 17.1 Å². The average Bonchev–Trinajstić information content (AvgIpc) is 2.71. The molecule has 0 bridgehead atoms. The average molecular weight is 361 g/mol. The first kappa shape index (κ1) is 18.1. The minimum absolute atomic E-state index is 0.0908. The number of ether oxygens (including phenoxy) is 1. The first-order valence-corrected chi connectivity index (χ1v) is 8.49. The predicted molar refractivity (Wildman–Crippen MR) is 104 cm³/mol. The summed E-state index contributed by atoms with van der Waals surface area (Å²) in [5.41, 5.74) is 7.92. The molecule has 1 heterocycles. The summed E-state index contributed by atoms with van der Waals surface area (Å²) in [4.78, 5) is 30.9. The van der Waals surface area contributed by atoms with Gasteiger partial charge in [0.05, 0.1) is 6.61 Å². The second-order valence-electron chi connectivity index (χ2n) is 5.70. The summed E-state index contributed by atoms with van der Waals surface area (Å²) in [5.74, 6) is -0.928. The molecule has 0 aliphatic heterocycles. The number of carbonyl (C=O) groups is 2. The van der Waals surface area contributed by atoms with Gasteiger partial charge in [0, 0.05) is 17.1 Å². The van der Waals surface area contributed by atoms with Gasteiger partial charge in [0.1, 0.15) is 11.4 Å². The number of hydrogen-bond acceptors (Lipinski definition) is 5. The molecular weight excluding hydrogens is 342 g/mol. The fourth-order valence-electron chi connectivity index (χ4n) is 2.57. The summed E-state index contributed by atoms with van der Waals surface area (Å²) < 4.78 is 4.97. The van der Waals surface area contributed by atoms with E-state index in [1.807, 2.05) is 30.3 Å². The van der Waals surface area contributed by atoms with Crippen LogP contribution in [0.25, 0.3) is 0 Å². The number of carbonyl (C=O) groups excluding carboxylic acids is 2. The zero-order chi connectivity index (χ0) is 19.2. The van der Waals surface area contributed by atoms with Gasteiger partial charge in [-0.05, 0) is 55.5 Å². The third kappa shape index (κ3) is 4.12. The number of aromatic nitrogens is 1. The third-order valence-electron chi connectivity index (χ3n) is 3.82. The lowest BCUT2D eigenvalue weighted by molar-refractivity contribution is 0.0519. The molecular formula is C21H19N3O3. The van der Waals surface area contributed by atoms with Crippen LogP contribution >= 0.6 is 0 Å². The Bertz CT molecular complexity index is 940. The predicted octanol–water partition coefficient (Wildman–Crippen LogP) is 3.82. The lowest BCUT2D eigenvalue weighted by Gasteiger charge is -2.23. The van der Waals surface area contributed by atoms with Crippen molar-refractivity contribution in [3.05, 3.63) is 84.2 Å². The minimum Gasteiger partial charge on any atom is -0.461 e. The lowest BCUT2D eigenvalue weighted by Crippen LogP contribution is -2.27. The van der Waals surface area contributed by atoms with E-state index in [0.717, 1.165) is 0 Å². The molecule has 0 aliphatic carbocycles. The van der Waals surface area contributed by atoms with Gasteiger partial charge in [-0.1, -0.05) is 24.3 Å². The van der Waals surface area contributed by atoms with Gasteiger partial charge < -0.3 is 10.5 Å². The summed E-state index contributed by atoms with van der Waals surface area (Å²) in [5, 5.41) is 0. The van der Waals surface area contributed by atoms with Gasteiger partial charge in [-0.3, -0.25) is 9.69 Å². The molecule has 0 saturated heterocycles. The Hall–Kier alpha value is -3.67. The Morgan fingerprint density at radius 1 is 0.889 bits per heavy atom. The Balaban J connectivity index is 2.02. The number of hydrogen-bond donors (Lipinski definition) is 1. The van der Waals surface area contributed by atoms with Crippen molar-refractivity contribution in [2.24, 2.45) is 0 Å². The van der Waals surface area contributed by atoms with E-state index in [4.69, 9.17) is 10.5 Å². The van der Waals surface area contributed by atoms with Crippen LogP contribution < -0.4 is 10.6 Å². The van der Waals surface area contributed by atoms with Gasteiger partial charge in [-0.2, -0.15) is 0 Å². The highest BCUT2D eigenvalue weighted by Gasteiger charge is 2.22. The van der Waals surface area contributed by atoms with Crippen LogP contribution in [0.3, 0.4) is 0 Å². The number of nitrogens with zero attached hydrogens (tertiary/aromatic N) is 2. The number of esters is 1. The maximum Gasteiger partial charge on any atom is 0.356 e. The number of amides is 1. The number of nitrogen functional groups attached to an aromatic ring is 1. The van der Waals surface area contributed by atoms with Crippen LogP contribution in [0.15, 0.2) is 72.8 Å². The van der Waals surface area contributed by atoms with E-state index in [1.165, 1.54) is 11.0 Å². The van der Waals surface area contributed by atoms with Crippen LogP contribution in [0.5, 0.6) is 0 Å². The summed E-state index contributed by atoms with van der Waals surface area (Å²) in [6.45, 7) is 1.95. The molecule has 3 aromatic rings. The van der Waals surface area contributed by atoms with E-state index in [-0.39, 0.29) is 23.9 Å². The molecule has 0 fully saturated rings. The molecule has 6 nitrogen and oxygen atoms in total. The number of pyridine rings is 1. The van der Waals surface area contributed by atoms with E-state index in [0.29, 0.717) is 17.1 Å². The van der Waals surface area contributed by atoms with Crippen LogP contribution in [0, 0.1) is 0 Å². The molecule has 0 atom stereocenters. The molecule has 27 heavy (non-hydrogen) atoms. The van der Waals surface area contributed by atoms with Crippen LogP contribution in [0.2, 0.25) is 0 Å². The lowest BCUT2D eigenvalue weighted by atomic mass is 10.2. The third-order valence-corrected chi connectivity index (χ3v) is 3.82. The maximum atomic E-state index is 13.2. The standard InChI is InChI=1S/C21H19N3O3/c1-2-27-21(26)19-10-6-9-18(23-19)20(25)24(16-7-4-3-5-8-16)17-13-11-15(22)12-14-17/h3-14H,2,22H2,1H3. The van der Waals surface area contributed by atoms with Gasteiger partial charge in [-0.25, -0.2) is 9.78 Å². The normalized spacial score (nSPS) is 10.3. The van der Waals surface area contributed by atoms with Crippen LogP contribution in [0.1, 0.15) is 27.9 Å². The summed E-state index contributed by atoms with van der Waals surface area (Å²) in [6.07, 6.45) is 0. The molecule has 0 radical (unpaired) electrons. The van der Waals surface area contributed by atoms with Crippen molar-refractivity contribution in [1.82, 2.24) is 4.98 Å². The molecule has 6 heteroatoms. The first-order chi connectivity index (χ1) is 13.1. The van der Waals surface area contributed by atoms with Crippen molar-refractivity contribution in [3.63, 3.8) is 0 Å². The van der Waals surface area contributed by atoms with Crippen molar-refractivity contribution >= 4 is 28.9 Å². The van der Waals surface area contributed by atoms with Gasteiger partial charge in [0.25, 0.3) is 5.91 Å². The Morgan fingerprint density at radius 2 is 1.52 bits per heavy atom. The smallest absolute Gasteiger partial charge is 0.356 e. The second-order valence-corrected chi connectivity index (χ2v) is 5.70. The van der Waals surface area contributed by atoms with E-state index >= 15 is 0 Å². The molecule has 0 aliphatic rings. The van der Waals surface area contributed by atoms with E-state index < -0.39 is 5.97 Å². The van der Waals surface area contributed by atoms with E-state index in [2.05, 4.69) is 4.98 Å². The molecule has 1 amide bonds.